The van der Waals surface area contributed by atoms with Crippen LogP contribution in [0.25, 0.3) is 5.69 Å². The maximum Gasteiger partial charge on any atom is 0.161 e. The maximum absolute atomic E-state index is 11.8. The first kappa shape index (κ1) is 14.0. The van der Waals surface area contributed by atoms with Crippen LogP contribution in [0.2, 0.25) is 0 Å². The van der Waals surface area contributed by atoms with Crippen LogP contribution in [0.4, 0.5) is 0 Å². The highest BCUT2D eigenvalue weighted by atomic mass is 79.9. The third-order valence-electron chi connectivity index (χ3n) is 3.36. The van der Waals surface area contributed by atoms with Crippen molar-refractivity contribution >= 4 is 21.7 Å². The lowest BCUT2D eigenvalue weighted by Crippen LogP contribution is -2.06. The molecule has 2 aromatic rings. The average molecular weight is 321 g/mol. The van der Waals surface area contributed by atoms with Gasteiger partial charge in [0, 0.05) is 15.7 Å². The van der Waals surface area contributed by atoms with E-state index < -0.39 is 0 Å². The van der Waals surface area contributed by atoms with Crippen molar-refractivity contribution in [3.05, 3.63) is 45.2 Å². The minimum absolute atomic E-state index is 0.0492. The van der Waals surface area contributed by atoms with Gasteiger partial charge in [-0.25, -0.2) is 4.68 Å². The van der Waals surface area contributed by atoms with Crippen molar-refractivity contribution in [2.75, 3.05) is 0 Å². The second-order valence-electron chi connectivity index (χ2n) is 4.63. The number of nitrogens with zero attached hydrogens (tertiary/aromatic N) is 2. The van der Waals surface area contributed by atoms with Crippen LogP contribution in [0.15, 0.2) is 22.7 Å². The zero-order valence-corrected chi connectivity index (χ0v) is 13.2. The number of aryl methyl sites for hydroxylation is 1. The predicted octanol–water partition coefficient (Wildman–Crippen LogP) is 4.02. The molecule has 0 aliphatic heterocycles. The number of carbonyl (C=O) groups is 1. The number of carbonyl (C=O) groups excluding carboxylic acids is 1. The summed E-state index contributed by atoms with van der Waals surface area (Å²) in [5, 5.41) is 4.58. The van der Waals surface area contributed by atoms with Crippen LogP contribution >= 0.6 is 15.9 Å². The molecule has 0 atom stereocenters. The highest BCUT2D eigenvalue weighted by molar-refractivity contribution is 9.10. The van der Waals surface area contributed by atoms with Crippen LogP contribution < -0.4 is 0 Å². The fourth-order valence-electron chi connectivity index (χ4n) is 2.40. The molecule has 3 nitrogen and oxygen atoms in total. The number of halogens is 1. The molecule has 0 spiro atoms. The van der Waals surface area contributed by atoms with Crippen molar-refractivity contribution in [2.24, 2.45) is 0 Å². The van der Waals surface area contributed by atoms with Crippen molar-refractivity contribution in [1.29, 1.82) is 0 Å². The van der Waals surface area contributed by atoms with Crippen molar-refractivity contribution < 1.29 is 4.79 Å². The summed E-state index contributed by atoms with van der Waals surface area (Å²) < 4.78 is 2.81. The third-order valence-corrected chi connectivity index (χ3v) is 3.86. The molecule has 0 amide bonds. The Balaban J connectivity index is 2.71. The highest BCUT2D eigenvalue weighted by Crippen LogP contribution is 2.24. The minimum Gasteiger partial charge on any atom is -0.294 e. The van der Waals surface area contributed by atoms with E-state index in [9.17, 15) is 4.79 Å². The van der Waals surface area contributed by atoms with Crippen LogP contribution in [0.3, 0.4) is 0 Å². The number of aromatic nitrogens is 2. The van der Waals surface area contributed by atoms with Gasteiger partial charge in [-0.3, -0.25) is 4.79 Å². The highest BCUT2D eigenvalue weighted by Gasteiger charge is 2.16. The zero-order chi connectivity index (χ0) is 14.2. The summed E-state index contributed by atoms with van der Waals surface area (Å²) in [7, 11) is 0. The molecule has 0 N–H and O–H groups in total. The van der Waals surface area contributed by atoms with Gasteiger partial charge in [0.15, 0.2) is 5.78 Å². The monoisotopic (exact) mass is 320 g/mol. The molecule has 4 heteroatoms. The van der Waals surface area contributed by atoms with Crippen molar-refractivity contribution in [3.8, 4) is 5.69 Å². The average Bonchev–Trinajstić information content (AvgIpc) is 2.63. The van der Waals surface area contributed by atoms with Crippen LogP contribution in [0.1, 0.15) is 41.2 Å². The Morgan fingerprint density at radius 3 is 2.58 bits per heavy atom. The molecule has 100 valence electrons. The smallest absolute Gasteiger partial charge is 0.161 e. The molecular weight excluding hydrogens is 304 g/mol. The van der Waals surface area contributed by atoms with Gasteiger partial charge in [-0.05, 0) is 51.0 Å². The first-order chi connectivity index (χ1) is 8.95. The lowest BCUT2D eigenvalue weighted by molar-refractivity contribution is 0.101. The van der Waals surface area contributed by atoms with Gasteiger partial charge >= 0.3 is 0 Å². The van der Waals surface area contributed by atoms with Crippen LogP contribution in [-0.2, 0) is 6.42 Å². The molecule has 0 fully saturated rings. The van der Waals surface area contributed by atoms with E-state index in [4.69, 9.17) is 0 Å². The summed E-state index contributed by atoms with van der Waals surface area (Å²) in [5.74, 6) is 0.0492. The molecule has 0 saturated carbocycles. The zero-order valence-electron chi connectivity index (χ0n) is 11.6. The number of rotatable bonds is 3. The summed E-state index contributed by atoms with van der Waals surface area (Å²) in [4.78, 5) is 11.8. The van der Waals surface area contributed by atoms with Gasteiger partial charge in [0.2, 0.25) is 0 Å². The van der Waals surface area contributed by atoms with Gasteiger partial charge in [-0.15, -0.1) is 0 Å². The molecule has 0 unspecified atom stereocenters. The van der Waals surface area contributed by atoms with E-state index in [1.807, 2.05) is 36.7 Å². The Morgan fingerprint density at radius 1 is 1.37 bits per heavy atom. The molecule has 0 saturated heterocycles. The van der Waals surface area contributed by atoms with Crippen molar-refractivity contribution in [3.63, 3.8) is 0 Å². The quantitative estimate of drug-likeness (QED) is 0.801. The Kier molecular flexibility index (Phi) is 3.90. The van der Waals surface area contributed by atoms with E-state index in [1.54, 1.807) is 6.92 Å². The summed E-state index contributed by atoms with van der Waals surface area (Å²) in [6.45, 7) is 7.75. The Labute approximate surface area is 121 Å². The van der Waals surface area contributed by atoms with Crippen molar-refractivity contribution in [2.45, 2.75) is 34.1 Å². The van der Waals surface area contributed by atoms with E-state index in [0.717, 1.165) is 28.0 Å². The first-order valence-corrected chi connectivity index (χ1v) is 7.11. The predicted molar refractivity (Wildman–Crippen MR) is 80.1 cm³/mol. The Hall–Kier alpha value is -1.42. The molecule has 1 aromatic carbocycles. The number of Topliss-reactive ketones (excluding diaryl/α,β-unsaturated/α-hetero) is 1. The summed E-state index contributed by atoms with van der Waals surface area (Å²) >= 11 is 3.46. The fourth-order valence-corrected chi connectivity index (χ4v) is 2.75. The first-order valence-electron chi connectivity index (χ1n) is 6.31. The summed E-state index contributed by atoms with van der Waals surface area (Å²) in [6, 6.07) is 5.66. The number of hydrogen-bond acceptors (Lipinski definition) is 2. The SMILES string of the molecule is CCc1c(C)nn(-c2cc(Br)ccc2C(C)=O)c1C. The maximum atomic E-state index is 11.8. The molecule has 0 aliphatic rings. The van der Waals surface area contributed by atoms with Crippen LogP contribution in [0.5, 0.6) is 0 Å². The van der Waals surface area contributed by atoms with E-state index in [-0.39, 0.29) is 5.78 Å². The van der Waals surface area contributed by atoms with E-state index in [1.165, 1.54) is 5.56 Å². The molecule has 1 heterocycles. The van der Waals surface area contributed by atoms with Gasteiger partial charge in [0.1, 0.15) is 0 Å². The van der Waals surface area contributed by atoms with E-state index in [0.29, 0.717) is 5.56 Å². The normalized spacial score (nSPS) is 10.8. The Morgan fingerprint density at radius 2 is 2.05 bits per heavy atom. The molecule has 2 rings (SSSR count). The lowest BCUT2D eigenvalue weighted by Gasteiger charge is -2.10. The standard InChI is InChI=1S/C15H17BrN2O/c1-5-13-9(2)17-18(10(13)3)15-8-12(16)6-7-14(15)11(4)19/h6-8H,5H2,1-4H3. The molecule has 0 radical (unpaired) electrons. The van der Waals surface area contributed by atoms with E-state index in [2.05, 4.69) is 28.0 Å². The molecule has 1 aromatic heterocycles. The minimum atomic E-state index is 0.0492. The number of ketones is 1. The molecule has 0 bridgehead atoms. The number of benzene rings is 1. The third kappa shape index (κ3) is 2.50. The molecule has 0 aliphatic carbocycles. The van der Waals surface area contributed by atoms with Crippen LogP contribution in [-0.4, -0.2) is 15.6 Å². The lowest BCUT2D eigenvalue weighted by atomic mass is 10.1. The van der Waals surface area contributed by atoms with Crippen LogP contribution in [0, 0.1) is 13.8 Å². The molecule has 19 heavy (non-hydrogen) atoms. The largest absolute Gasteiger partial charge is 0.294 e. The summed E-state index contributed by atoms with van der Waals surface area (Å²) in [6.07, 6.45) is 0.946. The van der Waals surface area contributed by atoms with Crippen molar-refractivity contribution in [1.82, 2.24) is 9.78 Å². The van der Waals surface area contributed by atoms with Gasteiger partial charge < -0.3 is 0 Å². The number of hydrogen-bond donors (Lipinski definition) is 0. The topological polar surface area (TPSA) is 34.9 Å². The van der Waals surface area contributed by atoms with Gasteiger partial charge in [0.25, 0.3) is 0 Å². The van der Waals surface area contributed by atoms with Gasteiger partial charge in [-0.2, -0.15) is 5.10 Å². The second kappa shape index (κ2) is 5.29. The fraction of sp³-hybridized carbons (Fsp3) is 0.333. The molecular formula is C15H17BrN2O. The summed E-state index contributed by atoms with van der Waals surface area (Å²) in [5.41, 5.74) is 4.89. The van der Waals surface area contributed by atoms with E-state index >= 15 is 0 Å². The Bertz CT molecular complexity index is 644. The van der Waals surface area contributed by atoms with Gasteiger partial charge in [0.05, 0.1) is 11.4 Å². The second-order valence-corrected chi connectivity index (χ2v) is 5.55. The van der Waals surface area contributed by atoms with Gasteiger partial charge in [-0.1, -0.05) is 22.9 Å².